The lowest BCUT2D eigenvalue weighted by molar-refractivity contribution is -0.374. The van der Waals surface area contributed by atoms with E-state index in [0.717, 1.165) is 6.42 Å². The van der Waals surface area contributed by atoms with Gasteiger partial charge in [-0.3, -0.25) is 4.79 Å². The van der Waals surface area contributed by atoms with Crippen LogP contribution >= 0.6 is 0 Å². The first-order valence-corrected chi connectivity index (χ1v) is 6.79. The van der Waals surface area contributed by atoms with E-state index in [-0.39, 0.29) is 11.8 Å². The fraction of sp³-hybridized carbons (Fsp3) is 0.923. The van der Waals surface area contributed by atoms with Crippen molar-refractivity contribution in [2.45, 2.75) is 57.0 Å². The minimum Gasteiger partial charge on any atom is -0.440 e. The Morgan fingerprint density at radius 3 is 1.95 bits per heavy atom. The number of carbonyl (C=O) groups is 1. The van der Waals surface area contributed by atoms with Crippen molar-refractivity contribution in [3.8, 4) is 0 Å². The minimum atomic E-state index is -5.68. The van der Waals surface area contributed by atoms with Gasteiger partial charge in [-0.2, -0.15) is 26.3 Å². The third kappa shape index (κ3) is 2.85. The number of fused-ring (bicyclic) bond motifs is 2. The molecule has 0 radical (unpaired) electrons. The van der Waals surface area contributed by atoms with Crippen molar-refractivity contribution in [1.29, 1.82) is 0 Å². The first-order chi connectivity index (χ1) is 9.46. The van der Waals surface area contributed by atoms with E-state index >= 15 is 0 Å². The Balaban J connectivity index is 2.32. The molecule has 0 aliphatic heterocycles. The Kier molecular flexibility index (Phi) is 3.95. The SMILES string of the molecule is CC(=O)OC(CC1CC2CCC1C2)(C(F)(F)F)C(F)(F)F. The Hall–Kier alpha value is -0.950. The number of halogens is 6. The Morgan fingerprint density at radius 2 is 1.62 bits per heavy atom. The van der Waals surface area contributed by atoms with Crippen molar-refractivity contribution in [3.63, 3.8) is 0 Å². The van der Waals surface area contributed by atoms with E-state index < -0.39 is 36.3 Å². The largest absolute Gasteiger partial charge is 0.440 e. The summed E-state index contributed by atoms with van der Waals surface area (Å²) in [7, 11) is 0. The van der Waals surface area contributed by atoms with Gasteiger partial charge < -0.3 is 4.74 Å². The summed E-state index contributed by atoms with van der Waals surface area (Å²) in [6.07, 6.45) is -10.0. The molecule has 21 heavy (non-hydrogen) atoms. The maximum atomic E-state index is 13.1. The molecule has 0 saturated heterocycles. The molecule has 0 aromatic rings. The van der Waals surface area contributed by atoms with E-state index in [9.17, 15) is 31.1 Å². The predicted octanol–water partition coefficient (Wildman–Crippen LogP) is 4.24. The molecule has 3 atom stereocenters. The van der Waals surface area contributed by atoms with Gasteiger partial charge in [-0.25, -0.2) is 0 Å². The monoisotopic (exact) mass is 318 g/mol. The molecule has 8 heteroatoms. The summed E-state index contributed by atoms with van der Waals surface area (Å²) in [6, 6.07) is 0. The summed E-state index contributed by atoms with van der Waals surface area (Å²) in [6.45, 7) is 0.563. The number of rotatable bonds is 3. The van der Waals surface area contributed by atoms with Crippen LogP contribution in [0.5, 0.6) is 0 Å². The van der Waals surface area contributed by atoms with Crippen molar-refractivity contribution in [2.75, 3.05) is 0 Å². The van der Waals surface area contributed by atoms with Crippen LogP contribution in [0.25, 0.3) is 0 Å². The zero-order valence-corrected chi connectivity index (χ0v) is 11.4. The van der Waals surface area contributed by atoms with Crippen LogP contribution in [-0.2, 0) is 9.53 Å². The molecule has 0 amide bonds. The standard InChI is InChI=1S/C13H16F6O2/c1-7(20)21-11(12(14,15)16,13(17,18)19)6-10-5-8-2-3-9(10)4-8/h8-10H,2-6H2,1H3. The quantitative estimate of drug-likeness (QED) is 0.575. The van der Waals surface area contributed by atoms with E-state index in [1.807, 2.05) is 0 Å². The predicted molar refractivity (Wildman–Crippen MR) is 60.2 cm³/mol. The lowest BCUT2D eigenvalue weighted by Gasteiger charge is -2.39. The van der Waals surface area contributed by atoms with Crippen LogP contribution in [-0.4, -0.2) is 23.9 Å². The van der Waals surface area contributed by atoms with Gasteiger partial charge in [0.25, 0.3) is 0 Å². The zero-order valence-electron chi connectivity index (χ0n) is 11.4. The lowest BCUT2D eigenvalue weighted by Crippen LogP contribution is -2.60. The Morgan fingerprint density at radius 1 is 1.05 bits per heavy atom. The van der Waals surface area contributed by atoms with Crippen LogP contribution in [0.3, 0.4) is 0 Å². The van der Waals surface area contributed by atoms with Gasteiger partial charge in [-0.15, -0.1) is 0 Å². The smallest absolute Gasteiger partial charge is 0.437 e. The summed E-state index contributed by atoms with van der Waals surface area (Å²) in [5.41, 5.74) is -4.39. The third-order valence-electron chi connectivity index (χ3n) is 4.67. The normalized spacial score (nSPS) is 29.8. The van der Waals surface area contributed by atoms with Gasteiger partial charge in [0.15, 0.2) is 0 Å². The highest BCUT2D eigenvalue weighted by Gasteiger charge is 2.74. The van der Waals surface area contributed by atoms with Crippen LogP contribution in [0.4, 0.5) is 26.3 Å². The first-order valence-electron chi connectivity index (χ1n) is 6.79. The summed E-state index contributed by atoms with van der Waals surface area (Å²) >= 11 is 0. The highest BCUT2D eigenvalue weighted by molar-refractivity contribution is 5.66. The van der Waals surface area contributed by atoms with E-state index in [1.54, 1.807) is 0 Å². The van der Waals surface area contributed by atoms with Crippen LogP contribution in [0.2, 0.25) is 0 Å². The molecular weight excluding hydrogens is 302 g/mol. The highest BCUT2D eigenvalue weighted by atomic mass is 19.4. The van der Waals surface area contributed by atoms with Gasteiger partial charge >= 0.3 is 23.9 Å². The van der Waals surface area contributed by atoms with Gasteiger partial charge in [-0.1, -0.05) is 6.42 Å². The van der Waals surface area contributed by atoms with Gasteiger partial charge in [0.05, 0.1) is 0 Å². The van der Waals surface area contributed by atoms with Crippen molar-refractivity contribution >= 4 is 5.97 Å². The van der Waals surface area contributed by atoms with Crippen molar-refractivity contribution in [1.82, 2.24) is 0 Å². The van der Waals surface area contributed by atoms with Gasteiger partial charge in [-0.05, 0) is 37.0 Å². The molecule has 3 unspecified atom stereocenters. The van der Waals surface area contributed by atoms with E-state index in [0.29, 0.717) is 26.2 Å². The fourth-order valence-electron chi connectivity index (χ4n) is 3.79. The van der Waals surface area contributed by atoms with Crippen LogP contribution in [0.1, 0.15) is 39.0 Å². The summed E-state index contributed by atoms with van der Waals surface area (Å²) in [4.78, 5) is 10.9. The second kappa shape index (κ2) is 5.05. The van der Waals surface area contributed by atoms with Crippen molar-refractivity contribution in [3.05, 3.63) is 0 Å². The molecule has 2 bridgehead atoms. The van der Waals surface area contributed by atoms with Gasteiger partial charge in [0.2, 0.25) is 0 Å². The highest BCUT2D eigenvalue weighted by Crippen LogP contribution is 2.56. The second-order valence-corrected chi connectivity index (χ2v) is 6.06. The third-order valence-corrected chi connectivity index (χ3v) is 4.67. The molecule has 2 nitrogen and oxygen atoms in total. The number of carbonyl (C=O) groups excluding carboxylic acids is 1. The zero-order chi connectivity index (χ0) is 16.1. The number of alkyl halides is 6. The number of hydrogen-bond acceptors (Lipinski definition) is 2. The van der Waals surface area contributed by atoms with Crippen LogP contribution < -0.4 is 0 Å². The number of ether oxygens (including phenoxy) is 1. The topological polar surface area (TPSA) is 26.3 Å². The van der Waals surface area contributed by atoms with Crippen LogP contribution in [0, 0.1) is 17.8 Å². The van der Waals surface area contributed by atoms with E-state index in [4.69, 9.17) is 0 Å². The average molecular weight is 318 g/mol. The Labute approximate surface area is 117 Å². The molecule has 2 rings (SSSR count). The molecule has 2 saturated carbocycles. The maximum absolute atomic E-state index is 13.1. The number of hydrogen-bond donors (Lipinski definition) is 0. The average Bonchev–Trinajstić information content (AvgIpc) is 2.85. The minimum absolute atomic E-state index is 0.130. The molecule has 0 spiro atoms. The van der Waals surface area contributed by atoms with Crippen molar-refractivity contribution < 1.29 is 35.9 Å². The molecular formula is C13H16F6O2. The van der Waals surface area contributed by atoms with Gasteiger partial charge in [0.1, 0.15) is 0 Å². The fourth-order valence-corrected chi connectivity index (χ4v) is 3.79. The van der Waals surface area contributed by atoms with Crippen molar-refractivity contribution in [2.24, 2.45) is 17.8 Å². The first kappa shape index (κ1) is 16.4. The van der Waals surface area contributed by atoms with E-state index in [1.165, 1.54) is 0 Å². The maximum Gasteiger partial charge on any atom is 0.437 e. The molecule has 2 aliphatic rings. The summed E-state index contributed by atoms with van der Waals surface area (Å²) in [5, 5.41) is 0. The van der Waals surface area contributed by atoms with E-state index in [2.05, 4.69) is 4.74 Å². The molecule has 0 aromatic heterocycles. The molecule has 2 aliphatic carbocycles. The Bertz CT molecular complexity index is 400. The summed E-state index contributed by atoms with van der Waals surface area (Å²) < 4.78 is 82.6. The molecule has 0 aromatic carbocycles. The molecule has 122 valence electrons. The lowest BCUT2D eigenvalue weighted by atomic mass is 9.79. The van der Waals surface area contributed by atoms with Crippen LogP contribution in [0.15, 0.2) is 0 Å². The molecule has 0 N–H and O–H groups in total. The summed E-state index contributed by atoms with van der Waals surface area (Å²) in [5.74, 6) is -2.20. The molecule has 2 fully saturated rings. The second-order valence-electron chi connectivity index (χ2n) is 6.06. The number of esters is 1. The van der Waals surface area contributed by atoms with Gasteiger partial charge in [0, 0.05) is 13.3 Å². The molecule has 0 heterocycles.